The van der Waals surface area contributed by atoms with Gasteiger partial charge in [-0.05, 0) is 55.5 Å². The Bertz CT molecular complexity index is 1140. The Kier molecular flexibility index (Phi) is 7.35. The smallest absolute Gasteiger partial charge is 0.244 e. The van der Waals surface area contributed by atoms with Gasteiger partial charge in [-0.3, -0.25) is 9.48 Å². The van der Waals surface area contributed by atoms with Gasteiger partial charge in [-0.25, -0.2) is 0 Å². The molecule has 0 spiro atoms. The second-order valence-electron chi connectivity index (χ2n) is 7.94. The van der Waals surface area contributed by atoms with Crippen molar-refractivity contribution >= 4 is 23.6 Å². The molecule has 1 amide bonds. The summed E-state index contributed by atoms with van der Waals surface area (Å²) in [4.78, 5) is 12.7. The summed E-state index contributed by atoms with van der Waals surface area (Å²) < 4.78 is 13.0. The number of fused-ring (bicyclic) bond motifs is 1. The molecule has 0 radical (unpaired) electrons. The number of aromatic nitrogens is 2. The Balaban J connectivity index is 1.45. The van der Waals surface area contributed by atoms with Gasteiger partial charge in [0.2, 0.25) is 5.91 Å². The second kappa shape index (κ2) is 10.6. The Morgan fingerprint density at radius 3 is 2.88 bits per heavy atom. The van der Waals surface area contributed by atoms with Crippen LogP contribution in [0.5, 0.6) is 11.5 Å². The topological polar surface area (TPSA) is 65.4 Å². The van der Waals surface area contributed by atoms with Crippen LogP contribution in [0.3, 0.4) is 0 Å². The summed E-state index contributed by atoms with van der Waals surface area (Å²) in [7, 11) is 1.56. The van der Waals surface area contributed by atoms with E-state index in [1.54, 1.807) is 25.3 Å². The van der Waals surface area contributed by atoms with Crippen molar-refractivity contribution < 1.29 is 14.3 Å². The van der Waals surface area contributed by atoms with Crippen LogP contribution >= 0.6 is 11.6 Å². The van der Waals surface area contributed by atoms with Gasteiger partial charge in [-0.1, -0.05) is 41.9 Å². The predicted molar refractivity (Wildman–Crippen MR) is 130 cm³/mol. The minimum atomic E-state index is -0.160. The van der Waals surface area contributed by atoms with Crippen molar-refractivity contribution in [3.05, 3.63) is 82.1 Å². The summed E-state index contributed by atoms with van der Waals surface area (Å²) in [5.74, 6) is 0.880. The number of nitrogens with one attached hydrogen (secondary N) is 1. The third-order valence-corrected chi connectivity index (χ3v) is 6.00. The molecule has 1 aliphatic carbocycles. The van der Waals surface area contributed by atoms with Gasteiger partial charge in [0.05, 0.1) is 37.5 Å². The van der Waals surface area contributed by atoms with Crippen molar-refractivity contribution in [3.8, 4) is 11.5 Å². The lowest BCUT2D eigenvalue weighted by Crippen LogP contribution is -2.29. The monoisotopic (exact) mass is 465 g/mol. The van der Waals surface area contributed by atoms with Crippen LogP contribution in [0, 0.1) is 0 Å². The van der Waals surface area contributed by atoms with E-state index in [0.29, 0.717) is 23.1 Å². The van der Waals surface area contributed by atoms with Gasteiger partial charge >= 0.3 is 0 Å². The van der Waals surface area contributed by atoms with E-state index < -0.39 is 0 Å². The second-order valence-corrected chi connectivity index (χ2v) is 8.35. The van der Waals surface area contributed by atoms with Gasteiger partial charge in [0.15, 0.2) is 11.5 Å². The summed E-state index contributed by atoms with van der Waals surface area (Å²) in [6.45, 7) is 3.10. The Hall–Kier alpha value is -3.25. The first kappa shape index (κ1) is 22.9. The van der Waals surface area contributed by atoms with Gasteiger partial charge in [-0.2, -0.15) is 5.10 Å². The quantitative estimate of drug-likeness (QED) is 0.464. The summed E-state index contributed by atoms with van der Waals surface area (Å²) in [5.41, 5.74) is 4.27. The van der Waals surface area contributed by atoms with Crippen molar-refractivity contribution in [2.24, 2.45) is 0 Å². The zero-order valence-electron chi connectivity index (χ0n) is 18.9. The molecule has 1 atom stereocenters. The number of hydrogen-bond donors (Lipinski definition) is 1. The molecule has 172 valence electrons. The zero-order valence-corrected chi connectivity index (χ0v) is 19.6. The number of methoxy groups -OCH3 is 1. The van der Waals surface area contributed by atoms with E-state index in [1.165, 1.54) is 17.3 Å². The van der Waals surface area contributed by atoms with E-state index in [9.17, 15) is 4.79 Å². The highest BCUT2D eigenvalue weighted by molar-refractivity contribution is 6.32. The van der Waals surface area contributed by atoms with E-state index >= 15 is 0 Å². The van der Waals surface area contributed by atoms with E-state index in [0.717, 1.165) is 36.9 Å². The molecule has 1 aromatic heterocycles. The first-order valence-electron chi connectivity index (χ1n) is 11.2. The number of amides is 1. The average Bonchev–Trinajstić information content (AvgIpc) is 3.23. The fraction of sp³-hybridized carbons (Fsp3) is 0.308. The molecule has 1 aliphatic rings. The van der Waals surface area contributed by atoms with Crippen molar-refractivity contribution in [1.29, 1.82) is 0 Å². The van der Waals surface area contributed by atoms with Gasteiger partial charge in [0, 0.05) is 17.3 Å². The minimum absolute atomic E-state index is 0.0473. The number of carbonyl (C=O) groups is 1. The number of benzene rings is 2. The molecular formula is C26H28ClN3O3. The fourth-order valence-electron chi connectivity index (χ4n) is 4.17. The number of hydrogen-bond acceptors (Lipinski definition) is 4. The molecule has 2 aromatic carbocycles. The highest BCUT2D eigenvalue weighted by Crippen LogP contribution is 2.37. The zero-order chi connectivity index (χ0) is 23.2. The van der Waals surface area contributed by atoms with E-state index in [-0.39, 0.29) is 11.9 Å². The molecule has 1 N–H and O–H groups in total. The molecule has 6 nitrogen and oxygen atoms in total. The van der Waals surface area contributed by atoms with Gasteiger partial charge < -0.3 is 14.8 Å². The molecule has 0 saturated carbocycles. The lowest BCUT2D eigenvalue weighted by molar-refractivity contribution is -0.117. The summed E-state index contributed by atoms with van der Waals surface area (Å²) in [5, 5.41) is 8.18. The maximum Gasteiger partial charge on any atom is 0.244 e. The van der Waals surface area contributed by atoms with Crippen molar-refractivity contribution in [2.45, 2.75) is 38.8 Å². The summed E-state index contributed by atoms with van der Waals surface area (Å²) in [6.07, 6.45) is 8.01. The normalized spacial score (nSPS) is 15.3. The molecule has 0 saturated heterocycles. The third kappa shape index (κ3) is 5.40. The molecular weight excluding hydrogens is 438 g/mol. The average molecular weight is 466 g/mol. The van der Waals surface area contributed by atoms with Crippen LogP contribution in [0.25, 0.3) is 6.08 Å². The molecule has 0 bridgehead atoms. The van der Waals surface area contributed by atoms with E-state index in [1.807, 2.05) is 36.0 Å². The molecule has 1 heterocycles. The van der Waals surface area contributed by atoms with Crippen LogP contribution in [0.4, 0.5) is 0 Å². The number of nitrogens with zero attached hydrogens (tertiary/aromatic N) is 2. The molecule has 3 aromatic rings. The molecule has 33 heavy (non-hydrogen) atoms. The summed E-state index contributed by atoms with van der Waals surface area (Å²) in [6, 6.07) is 13.8. The van der Waals surface area contributed by atoms with Crippen LogP contribution in [0.15, 0.2) is 54.7 Å². The minimum Gasteiger partial charge on any atom is -0.493 e. The highest BCUT2D eigenvalue weighted by Gasteiger charge is 2.25. The fourth-order valence-corrected chi connectivity index (χ4v) is 4.45. The lowest BCUT2D eigenvalue weighted by atomic mass is 9.93. The van der Waals surface area contributed by atoms with Crippen LogP contribution in [-0.2, 0) is 17.8 Å². The standard InChI is InChI=1S/C26H28ClN3O3/c1-3-33-26-21(27)14-19(15-24(26)32-2)12-13-25(31)29-22-10-7-11-23-20(22)16-28-30(23)17-18-8-5-4-6-9-18/h4-6,8-9,12-16,22H,3,7,10-11,17H2,1-2H3,(H,29,31)/b13-12+. The maximum absolute atomic E-state index is 12.7. The van der Waals surface area contributed by atoms with Gasteiger partial charge in [-0.15, -0.1) is 0 Å². The van der Waals surface area contributed by atoms with Crippen molar-refractivity contribution in [3.63, 3.8) is 0 Å². The van der Waals surface area contributed by atoms with E-state index in [4.69, 9.17) is 21.1 Å². The Morgan fingerprint density at radius 2 is 2.12 bits per heavy atom. The number of carbonyl (C=O) groups excluding carboxylic acids is 1. The SMILES string of the molecule is CCOc1c(Cl)cc(/C=C/C(=O)NC2CCCc3c2cnn3Cc2ccccc2)cc1OC. The predicted octanol–water partition coefficient (Wildman–Crippen LogP) is 5.20. The highest BCUT2D eigenvalue weighted by atomic mass is 35.5. The molecule has 4 rings (SSSR count). The Labute approximate surface area is 199 Å². The molecule has 7 heteroatoms. The Morgan fingerprint density at radius 1 is 1.30 bits per heavy atom. The van der Waals surface area contributed by atoms with Crippen LogP contribution < -0.4 is 14.8 Å². The largest absolute Gasteiger partial charge is 0.493 e. The van der Waals surface area contributed by atoms with E-state index in [2.05, 4.69) is 22.5 Å². The molecule has 0 aliphatic heterocycles. The van der Waals surface area contributed by atoms with Crippen LogP contribution in [0.1, 0.15) is 48.2 Å². The van der Waals surface area contributed by atoms with Gasteiger partial charge in [0.25, 0.3) is 0 Å². The van der Waals surface area contributed by atoms with Crippen LogP contribution in [-0.4, -0.2) is 29.4 Å². The third-order valence-electron chi connectivity index (χ3n) is 5.72. The first-order chi connectivity index (χ1) is 16.1. The van der Waals surface area contributed by atoms with Crippen molar-refractivity contribution in [1.82, 2.24) is 15.1 Å². The summed E-state index contributed by atoms with van der Waals surface area (Å²) >= 11 is 6.33. The number of ether oxygens (including phenoxy) is 2. The first-order valence-corrected chi connectivity index (χ1v) is 11.5. The molecule has 1 unspecified atom stereocenters. The van der Waals surface area contributed by atoms with Crippen molar-refractivity contribution in [2.75, 3.05) is 13.7 Å². The van der Waals surface area contributed by atoms with Gasteiger partial charge in [0.1, 0.15) is 0 Å². The molecule has 0 fully saturated rings. The number of halogens is 1. The van der Waals surface area contributed by atoms with Crippen LogP contribution in [0.2, 0.25) is 5.02 Å². The number of rotatable bonds is 8. The lowest BCUT2D eigenvalue weighted by Gasteiger charge is -2.23. The maximum atomic E-state index is 12.7.